The van der Waals surface area contributed by atoms with E-state index in [0.717, 1.165) is 24.0 Å². The summed E-state index contributed by atoms with van der Waals surface area (Å²) in [7, 11) is 0. The molecule has 0 fully saturated rings. The Hall–Kier alpha value is -1.82. The summed E-state index contributed by atoms with van der Waals surface area (Å²) in [5.41, 5.74) is -1.05. The largest absolute Gasteiger partial charge is 0.433 e. The van der Waals surface area contributed by atoms with E-state index in [4.69, 9.17) is 5.26 Å². The molecule has 0 atom stereocenters. The van der Waals surface area contributed by atoms with Gasteiger partial charge >= 0.3 is 6.18 Å². The number of carbonyl (C=O) groups is 1. The number of nitrogens with one attached hydrogen (secondary N) is 1. The topological polar surface area (TPSA) is 78.7 Å². The third-order valence-corrected chi connectivity index (χ3v) is 2.68. The van der Waals surface area contributed by atoms with E-state index in [9.17, 15) is 18.0 Å². The van der Waals surface area contributed by atoms with Crippen molar-refractivity contribution in [1.82, 2.24) is 15.3 Å². The van der Waals surface area contributed by atoms with E-state index in [2.05, 4.69) is 15.3 Å². The number of carbonyl (C=O) groups excluding carboxylic acids is 1. The van der Waals surface area contributed by atoms with E-state index < -0.39 is 11.9 Å². The zero-order valence-corrected chi connectivity index (χ0v) is 10.4. The summed E-state index contributed by atoms with van der Waals surface area (Å²) in [6.07, 6.45) is -3.37. The third-order valence-electron chi connectivity index (χ3n) is 1.82. The lowest BCUT2D eigenvalue weighted by Crippen LogP contribution is -2.26. The van der Waals surface area contributed by atoms with Crippen molar-refractivity contribution in [3.8, 4) is 6.07 Å². The fourth-order valence-corrected chi connectivity index (χ4v) is 1.67. The van der Waals surface area contributed by atoms with Gasteiger partial charge in [0.05, 0.1) is 18.2 Å². The molecule has 102 valence electrons. The molecule has 0 saturated carbocycles. The van der Waals surface area contributed by atoms with Crippen LogP contribution in [0.15, 0.2) is 17.4 Å². The molecule has 1 amide bonds. The fraction of sp³-hybridized carbons (Fsp3) is 0.400. The van der Waals surface area contributed by atoms with Gasteiger partial charge in [0.1, 0.15) is 5.69 Å². The molecule has 0 aliphatic heterocycles. The van der Waals surface area contributed by atoms with Crippen LogP contribution in [0.5, 0.6) is 0 Å². The Kier molecular flexibility index (Phi) is 5.57. The molecule has 0 bridgehead atoms. The summed E-state index contributed by atoms with van der Waals surface area (Å²) >= 11 is 0.800. The van der Waals surface area contributed by atoms with Crippen LogP contribution in [0.2, 0.25) is 0 Å². The van der Waals surface area contributed by atoms with Gasteiger partial charge in [-0.3, -0.25) is 4.79 Å². The number of thioether (sulfide) groups is 1. The zero-order chi connectivity index (χ0) is 14.3. The quantitative estimate of drug-likeness (QED) is 0.506. The van der Waals surface area contributed by atoms with Gasteiger partial charge in [-0.1, -0.05) is 11.8 Å². The molecule has 1 N–H and O–H groups in total. The summed E-state index contributed by atoms with van der Waals surface area (Å²) in [6, 6.07) is 2.61. The van der Waals surface area contributed by atoms with Gasteiger partial charge in [0.25, 0.3) is 0 Å². The van der Waals surface area contributed by atoms with E-state index in [1.807, 2.05) is 6.07 Å². The first kappa shape index (κ1) is 15.2. The Morgan fingerprint density at radius 1 is 1.53 bits per heavy atom. The second kappa shape index (κ2) is 6.94. The molecule has 0 aliphatic carbocycles. The highest BCUT2D eigenvalue weighted by atomic mass is 32.2. The summed E-state index contributed by atoms with van der Waals surface area (Å²) < 4.78 is 37.1. The van der Waals surface area contributed by atoms with E-state index in [-0.39, 0.29) is 29.8 Å². The van der Waals surface area contributed by atoms with Crippen LogP contribution in [0.1, 0.15) is 12.1 Å². The van der Waals surface area contributed by atoms with Crippen molar-refractivity contribution in [2.75, 3.05) is 12.3 Å². The summed E-state index contributed by atoms with van der Waals surface area (Å²) in [4.78, 5) is 18.2. The molecular weight excluding hydrogens is 281 g/mol. The molecule has 1 rings (SSSR count). The van der Waals surface area contributed by atoms with Crippen molar-refractivity contribution in [2.24, 2.45) is 0 Å². The van der Waals surface area contributed by atoms with Gasteiger partial charge in [-0.05, 0) is 6.07 Å². The van der Waals surface area contributed by atoms with Crippen LogP contribution in [0, 0.1) is 11.3 Å². The highest BCUT2D eigenvalue weighted by Crippen LogP contribution is 2.28. The molecule has 0 spiro atoms. The normalized spacial score (nSPS) is 10.8. The van der Waals surface area contributed by atoms with Gasteiger partial charge in [0, 0.05) is 12.7 Å². The molecule has 5 nitrogen and oxygen atoms in total. The highest BCUT2D eigenvalue weighted by molar-refractivity contribution is 7.99. The maximum Gasteiger partial charge on any atom is 0.433 e. The molecule has 0 aromatic carbocycles. The van der Waals surface area contributed by atoms with Gasteiger partial charge in [0.15, 0.2) is 5.16 Å². The van der Waals surface area contributed by atoms with Crippen LogP contribution in [0.25, 0.3) is 0 Å². The lowest BCUT2D eigenvalue weighted by atomic mass is 10.4. The Morgan fingerprint density at radius 3 is 2.89 bits per heavy atom. The maximum absolute atomic E-state index is 12.4. The minimum atomic E-state index is -4.53. The van der Waals surface area contributed by atoms with E-state index in [1.54, 1.807) is 0 Å². The molecule has 0 aliphatic rings. The van der Waals surface area contributed by atoms with Gasteiger partial charge < -0.3 is 5.32 Å². The molecule has 1 aromatic rings. The number of hydrogen-bond acceptors (Lipinski definition) is 5. The average Bonchev–Trinajstić information content (AvgIpc) is 2.36. The first-order chi connectivity index (χ1) is 8.93. The van der Waals surface area contributed by atoms with Crippen molar-refractivity contribution in [1.29, 1.82) is 5.26 Å². The Labute approximate surface area is 111 Å². The second-order valence-electron chi connectivity index (χ2n) is 3.27. The lowest BCUT2D eigenvalue weighted by Gasteiger charge is -2.06. The summed E-state index contributed by atoms with van der Waals surface area (Å²) in [5, 5.41) is 10.6. The monoisotopic (exact) mass is 290 g/mol. The number of aromatic nitrogens is 2. The summed E-state index contributed by atoms with van der Waals surface area (Å²) in [5.74, 6) is -0.492. The predicted octanol–water partition coefficient (Wildman–Crippen LogP) is 1.62. The number of nitriles is 1. The average molecular weight is 290 g/mol. The summed E-state index contributed by atoms with van der Waals surface area (Å²) in [6.45, 7) is 0.208. The van der Waals surface area contributed by atoms with Gasteiger partial charge in [-0.2, -0.15) is 18.4 Å². The fourth-order valence-electron chi connectivity index (χ4n) is 1.01. The van der Waals surface area contributed by atoms with E-state index >= 15 is 0 Å². The first-order valence-electron chi connectivity index (χ1n) is 5.10. The minimum Gasteiger partial charge on any atom is -0.354 e. The van der Waals surface area contributed by atoms with E-state index in [1.165, 1.54) is 0 Å². The molecular formula is C10H9F3N4OS. The molecule has 19 heavy (non-hydrogen) atoms. The maximum atomic E-state index is 12.4. The minimum absolute atomic E-state index is 0.104. The van der Waals surface area contributed by atoms with Crippen LogP contribution < -0.4 is 5.32 Å². The van der Waals surface area contributed by atoms with Crippen LogP contribution >= 0.6 is 11.8 Å². The number of halogens is 3. The Morgan fingerprint density at radius 2 is 2.26 bits per heavy atom. The molecule has 9 heteroatoms. The van der Waals surface area contributed by atoms with Crippen LogP contribution in [-0.2, 0) is 11.0 Å². The molecule has 1 aromatic heterocycles. The number of alkyl halides is 3. The molecule has 0 unspecified atom stereocenters. The molecule has 1 heterocycles. The molecule has 0 saturated heterocycles. The highest BCUT2D eigenvalue weighted by Gasteiger charge is 2.32. The van der Waals surface area contributed by atoms with Crippen LogP contribution in [0.4, 0.5) is 13.2 Å². The second-order valence-corrected chi connectivity index (χ2v) is 4.21. The van der Waals surface area contributed by atoms with Crippen molar-refractivity contribution in [2.45, 2.75) is 17.8 Å². The van der Waals surface area contributed by atoms with Gasteiger partial charge in [0.2, 0.25) is 5.91 Å². The van der Waals surface area contributed by atoms with E-state index in [0.29, 0.717) is 0 Å². The van der Waals surface area contributed by atoms with Crippen molar-refractivity contribution >= 4 is 17.7 Å². The van der Waals surface area contributed by atoms with Crippen molar-refractivity contribution in [3.05, 3.63) is 18.0 Å². The Bertz CT molecular complexity index is 486. The standard InChI is InChI=1S/C10H9F3N4OS/c11-10(12,13)7-2-5-16-9(17-7)19-6-8(18)15-4-1-3-14/h2,5H,1,4,6H2,(H,15,18). The Balaban J connectivity index is 2.50. The third kappa shape index (κ3) is 5.56. The molecule has 0 radical (unpaired) electrons. The number of rotatable bonds is 5. The van der Waals surface area contributed by atoms with Crippen LogP contribution in [0.3, 0.4) is 0 Å². The number of hydrogen-bond donors (Lipinski definition) is 1. The van der Waals surface area contributed by atoms with Crippen molar-refractivity contribution in [3.63, 3.8) is 0 Å². The SMILES string of the molecule is N#CCCNC(=O)CSc1nccc(C(F)(F)F)n1. The van der Waals surface area contributed by atoms with Gasteiger partial charge in [-0.15, -0.1) is 0 Å². The van der Waals surface area contributed by atoms with Crippen LogP contribution in [-0.4, -0.2) is 28.2 Å². The number of amides is 1. The van der Waals surface area contributed by atoms with Gasteiger partial charge in [-0.25, -0.2) is 9.97 Å². The van der Waals surface area contributed by atoms with Crippen molar-refractivity contribution < 1.29 is 18.0 Å². The number of nitrogens with zero attached hydrogens (tertiary/aromatic N) is 3. The smallest absolute Gasteiger partial charge is 0.354 e. The predicted molar refractivity (Wildman–Crippen MR) is 61.0 cm³/mol. The zero-order valence-electron chi connectivity index (χ0n) is 9.57. The lowest BCUT2D eigenvalue weighted by molar-refractivity contribution is -0.141. The first-order valence-corrected chi connectivity index (χ1v) is 6.08.